The number of phenolic OH excluding ortho intramolecular Hbond substituents is 1. The van der Waals surface area contributed by atoms with Crippen LogP contribution in [0.4, 0.5) is 5.69 Å². The topological polar surface area (TPSA) is 49.3 Å². The molecule has 5 heteroatoms. The third-order valence-corrected chi connectivity index (χ3v) is 6.09. The Morgan fingerprint density at radius 3 is 2.50 bits per heavy atom. The zero-order chi connectivity index (χ0) is 14.2. The molecule has 20 heavy (non-hydrogen) atoms. The van der Waals surface area contributed by atoms with Crippen molar-refractivity contribution in [1.29, 1.82) is 0 Å². The molecular formula is C15H13NO2S2. The molecule has 102 valence electrons. The molecule has 2 aromatic carbocycles. The minimum atomic E-state index is -2.59. The lowest BCUT2D eigenvalue weighted by Crippen LogP contribution is -2.11. The fraction of sp³-hybridized carbons (Fsp3) is 0. The summed E-state index contributed by atoms with van der Waals surface area (Å²) in [5.74, 6) is 4.01. The van der Waals surface area contributed by atoms with Gasteiger partial charge in [0.15, 0.2) is 0 Å². The molecular weight excluding hydrogens is 290 g/mol. The van der Waals surface area contributed by atoms with Gasteiger partial charge in [0.2, 0.25) is 0 Å². The smallest absolute Gasteiger partial charge is 0.123 e. The van der Waals surface area contributed by atoms with Crippen molar-refractivity contribution < 1.29 is 9.32 Å². The summed E-state index contributed by atoms with van der Waals surface area (Å²) in [5.41, 5.74) is 0.701. The van der Waals surface area contributed by atoms with Crippen molar-refractivity contribution >= 4 is 43.4 Å². The fourth-order valence-electron chi connectivity index (χ4n) is 2.05. The maximum Gasteiger partial charge on any atom is 0.123 e. The third-order valence-electron chi connectivity index (χ3n) is 3.00. The second kappa shape index (κ2) is 4.85. The predicted molar refractivity (Wildman–Crippen MR) is 87.1 cm³/mol. The van der Waals surface area contributed by atoms with E-state index in [4.69, 9.17) is 0 Å². The van der Waals surface area contributed by atoms with Crippen LogP contribution in [0.1, 0.15) is 0 Å². The average Bonchev–Trinajstić information content (AvgIpc) is 2.97. The Labute approximate surface area is 121 Å². The van der Waals surface area contributed by atoms with E-state index in [2.05, 4.69) is 10.6 Å². The van der Waals surface area contributed by atoms with E-state index in [1.165, 1.54) is 11.3 Å². The molecule has 1 atom stereocenters. The minimum absolute atomic E-state index is 0.206. The van der Waals surface area contributed by atoms with Crippen LogP contribution in [0.3, 0.4) is 0 Å². The molecule has 3 nitrogen and oxygen atoms in total. The van der Waals surface area contributed by atoms with Crippen LogP contribution >= 0.6 is 11.3 Å². The van der Waals surface area contributed by atoms with Gasteiger partial charge >= 0.3 is 0 Å². The number of nitrogens with one attached hydrogen (secondary N) is 1. The molecule has 1 aromatic heterocycles. The van der Waals surface area contributed by atoms with Crippen LogP contribution in [-0.4, -0.2) is 15.2 Å². The van der Waals surface area contributed by atoms with Crippen molar-refractivity contribution in [2.75, 3.05) is 4.72 Å². The van der Waals surface area contributed by atoms with E-state index < -0.39 is 9.71 Å². The lowest BCUT2D eigenvalue weighted by atomic mass is 10.1. The van der Waals surface area contributed by atoms with Gasteiger partial charge in [-0.25, -0.2) is 4.21 Å². The zero-order valence-corrected chi connectivity index (χ0v) is 12.2. The predicted octanol–water partition coefficient (Wildman–Crippen LogP) is 3.71. The van der Waals surface area contributed by atoms with Crippen molar-refractivity contribution in [3.8, 4) is 5.75 Å². The van der Waals surface area contributed by atoms with E-state index in [1.807, 2.05) is 35.7 Å². The second-order valence-electron chi connectivity index (χ2n) is 4.39. The summed E-state index contributed by atoms with van der Waals surface area (Å²) in [5, 5.41) is 13.3. The number of hydrogen-bond donors (Lipinski definition) is 2. The van der Waals surface area contributed by atoms with E-state index >= 15 is 0 Å². The molecule has 1 heterocycles. The van der Waals surface area contributed by atoms with Gasteiger partial charge < -0.3 is 9.83 Å². The molecule has 1 unspecified atom stereocenters. The summed E-state index contributed by atoms with van der Waals surface area (Å²) in [7, 11) is -2.59. The highest BCUT2D eigenvalue weighted by molar-refractivity contribution is 8.03. The average molecular weight is 303 g/mol. The third kappa shape index (κ3) is 2.26. The Kier molecular flexibility index (Phi) is 3.16. The first-order valence-corrected chi connectivity index (χ1v) is 8.58. The number of benzene rings is 2. The molecule has 0 radical (unpaired) electrons. The first-order chi connectivity index (χ1) is 9.58. The zero-order valence-electron chi connectivity index (χ0n) is 10.6. The van der Waals surface area contributed by atoms with E-state index in [-0.39, 0.29) is 5.75 Å². The van der Waals surface area contributed by atoms with Crippen LogP contribution in [0.15, 0.2) is 58.1 Å². The standard InChI is InChI=1S/C15H13NO2S2/c1-20(18,15-7-4-10-19-15)16-13-8-9-14(17)12-6-3-2-5-11(12)13/h2-10,17H,1H2,(H,16,18). The fourth-order valence-corrected chi connectivity index (χ4v) is 4.35. The highest BCUT2D eigenvalue weighted by atomic mass is 32.2. The summed E-state index contributed by atoms with van der Waals surface area (Å²) in [4.78, 5) is 0. The number of thiophene rings is 1. The quantitative estimate of drug-likeness (QED) is 0.572. The van der Waals surface area contributed by atoms with Gasteiger partial charge in [-0.3, -0.25) is 0 Å². The van der Waals surface area contributed by atoms with Crippen LogP contribution in [0.5, 0.6) is 5.75 Å². The van der Waals surface area contributed by atoms with Crippen molar-refractivity contribution in [2.45, 2.75) is 4.21 Å². The largest absolute Gasteiger partial charge is 0.507 e. The lowest BCUT2D eigenvalue weighted by Gasteiger charge is -2.14. The van der Waals surface area contributed by atoms with E-state index in [0.717, 1.165) is 10.8 Å². The molecule has 3 aromatic rings. The van der Waals surface area contributed by atoms with Gasteiger partial charge in [0.1, 0.15) is 9.96 Å². The van der Waals surface area contributed by atoms with E-state index in [9.17, 15) is 9.32 Å². The normalized spacial score (nSPS) is 14.0. The van der Waals surface area contributed by atoms with Crippen LogP contribution in [0.25, 0.3) is 10.8 Å². The molecule has 2 N–H and O–H groups in total. The van der Waals surface area contributed by atoms with Crippen LogP contribution in [0.2, 0.25) is 0 Å². The number of rotatable bonds is 3. The summed E-state index contributed by atoms with van der Waals surface area (Å²) in [6, 6.07) is 14.4. The van der Waals surface area contributed by atoms with Gasteiger partial charge in [-0.1, -0.05) is 30.3 Å². The van der Waals surface area contributed by atoms with Crippen LogP contribution in [-0.2, 0) is 9.71 Å². The summed E-state index contributed by atoms with van der Waals surface area (Å²) in [6.45, 7) is 0. The number of phenols is 1. The molecule has 0 spiro atoms. The van der Waals surface area contributed by atoms with Gasteiger partial charge in [-0.15, -0.1) is 11.3 Å². The molecule has 3 rings (SSSR count). The summed E-state index contributed by atoms with van der Waals surface area (Å²) in [6.07, 6.45) is 0. The van der Waals surface area contributed by atoms with Crippen molar-refractivity contribution in [3.05, 3.63) is 53.9 Å². The van der Waals surface area contributed by atoms with Gasteiger partial charge in [0.25, 0.3) is 0 Å². The highest BCUT2D eigenvalue weighted by Crippen LogP contribution is 2.32. The number of fused-ring (bicyclic) bond motifs is 1. The Balaban J connectivity index is 2.11. The first kappa shape index (κ1) is 13.0. The highest BCUT2D eigenvalue weighted by Gasteiger charge is 2.11. The molecule has 0 aliphatic heterocycles. The molecule has 0 saturated heterocycles. The van der Waals surface area contributed by atoms with Gasteiger partial charge in [0, 0.05) is 10.8 Å². The molecule has 0 saturated carbocycles. The first-order valence-electron chi connectivity index (χ1n) is 5.97. The number of aromatic hydroxyl groups is 1. The Bertz CT molecular complexity index is 853. The van der Waals surface area contributed by atoms with Gasteiger partial charge in [0.05, 0.1) is 15.4 Å². The van der Waals surface area contributed by atoms with Crippen molar-refractivity contribution in [3.63, 3.8) is 0 Å². The monoisotopic (exact) mass is 303 g/mol. The van der Waals surface area contributed by atoms with Gasteiger partial charge in [-0.05, 0) is 29.4 Å². The van der Waals surface area contributed by atoms with Crippen molar-refractivity contribution in [2.24, 2.45) is 0 Å². The van der Waals surface area contributed by atoms with Crippen LogP contribution < -0.4 is 4.72 Å². The summed E-state index contributed by atoms with van der Waals surface area (Å²) < 4.78 is 16.4. The number of anilines is 1. The molecule has 0 fully saturated rings. The van der Waals surface area contributed by atoms with E-state index in [0.29, 0.717) is 9.90 Å². The van der Waals surface area contributed by atoms with E-state index in [1.54, 1.807) is 18.2 Å². The SMILES string of the molecule is C=S(=O)(Nc1ccc(O)c2ccccc12)c1cccs1. The molecule has 0 amide bonds. The number of hydrogen-bond acceptors (Lipinski definition) is 3. The Morgan fingerprint density at radius 2 is 1.80 bits per heavy atom. The lowest BCUT2D eigenvalue weighted by molar-refractivity contribution is 0.481. The Hall–Kier alpha value is -1.98. The Morgan fingerprint density at radius 1 is 1.05 bits per heavy atom. The second-order valence-corrected chi connectivity index (χ2v) is 7.59. The molecule has 0 bridgehead atoms. The molecule has 0 aliphatic carbocycles. The van der Waals surface area contributed by atoms with Crippen LogP contribution in [0, 0.1) is 0 Å². The minimum Gasteiger partial charge on any atom is -0.507 e. The maximum absolute atomic E-state index is 12.7. The molecule has 0 aliphatic rings. The summed E-state index contributed by atoms with van der Waals surface area (Å²) >= 11 is 1.41. The van der Waals surface area contributed by atoms with Gasteiger partial charge in [-0.2, -0.15) is 0 Å². The van der Waals surface area contributed by atoms with Crippen molar-refractivity contribution in [1.82, 2.24) is 0 Å². The maximum atomic E-state index is 12.7.